The summed E-state index contributed by atoms with van der Waals surface area (Å²) in [5.74, 6) is 0. The summed E-state index contributed by atoms with van der Waals surface area (Å²) in [6, 6.07) is 22.7. The number of nitrogens with zero attached hydrogens (tertiary/aromatic N) is 2. The van der Waals surface area contributed by atoms with E-state index in [4.69, 9.17) is 10.2 Å². The van der Waals surface area contributed by atoms with Gasteiger partial charge in [-0.2, -0.15) is 5.26 Å². The van der Waals surface area contributed by atoms with Crippen LogP contribution in [0.15, 0.2) is 60.7 Å². The first kappa shape index (κ1) is 14.7. The van der Waals surface area contributed by atoms with Crippen molar-refractivity contribution in [1.29, 1.82) is 5.26 Å². The maximum atomic E-state index is 9.02. The van der Waals surface area contributed by atoms with Gasteiger partial charge in [-0.15, -0.1) is 0 Å². The van der Waals surface area contributed by atoms with Gasteiger partial charge < -0.3 is 0 Å². The van der Waals surface area contributed by atoms with Crippen molar-refractivity contribution in [1.82, 2.24) is 4.98 Å². The SMILES string of the molecule is N#Cc1ccc(-c2cc(-c3ccccc3)nc3c2CCCC3)cc1. The van der Waals surface area contributed by atoms with Crippen molar-refractivity contribution in [3.63, 3.8) is 0 Å². The summed E-state index contributed by atoms with van der Waals surface area (Å²) >= 11 is 0. The number of aryl methyl sites for hydroxylation is 1. The van der Waals surface area contributed by atoms with E-state index in [1.54, 1.807) is 0 Å². The van der Waals surface area contributed by atoms with E-state index in [9.17, 15) is 0 Å². The molecule has 2 aromatic carbocycles. The van der Waals surface area contributed by atoms with Gasteiger partial charge in [0.2, 0.25) is 0 Å². The third-order valence-corrected chi connectivity index (χ3v) is 4.69. The van der Waals surface area contributed by atoms with E-state index in [0.29, 0.717) is 5.56 Å². The Bertz CT molecular complexity index is 903. The molecule has 24 heavy (non-hydrogen) atoms. The van der Waals surface area contributed by atoms with Crippen LogP contribution in [-0.2, 0) is 12.8 Å². The smallest absolute Gasteiger partial charge is 0.0991 e. The molecule has 0 amide bonds. The van der Waals surface area contributed by atoms with Crippen LogP contribution >= 0.6 is 0 Å². The number of aromatic nitrogens is 1. The van der Waals surface area contributed by atoms with E-state index in [1.807, 2.05) is 18.2 Å². The van der Waals surface area contributed by atoms with E-state index in [0.717, 1.165) is 24.1 Å². The molecule has 0 radical (unpaired) electrons. The highest BCUT2D eigenvalue weighted by molar-refractivity contribution is 5.74. The van der Waals surface area contributed by atoms with Gasteiger partial charge in [0, 0.05) is 11.3 Å². The lowest BCUT2D eigenvalue weighted by Crippen LogP contribution is -2.08. The molecule has 1 aliphatic carbocycles. The zero-order chi connectivity index (χ0) is 16.4. The predicted octanol–water partition coefficient (Wildman–Crippen LogP) is 5.17. The molecule has 0 aliphatic heterocycles. The van der Waals surface area contributed by atoms with Crippen LogP contribution in [0.4, 0.5) is 0 Å². The minimum atomic E-state index is 0.699. The lowest BCUT2D eigenvalue weighted by Gasteiger charge is -2.20. The van der Waals surface area contributed by atoms with Crippen LogP contribution in [-0.4, -0.2) is 4.98 Å². The van der Waals surface area contributed by atoms with Crippen LogP contribution < -0.4 is 0 Å². The summed E-state index contributed by atoms with van der Waals surface area (Å²) in [4.78, 5) is 4.95. The van der Waals surface area contributed by atoms with E-state index >= 15 is 0 Å². The largest absolute Gasteiger partial charge is 0.253 e. The summed E-state index contributed by atoms with van der Waals surface area (Å²) in [7, 11) is 0. The van der Waals surface area contributed by atoms with Crippen molar-refractivity contribution in [3.8, 4) is 28.5 Å². The van der Waals surface area contributed by atoms with Gasteiger partial charge in [-0.1, -0.05) is 42.5 Å². The number of rotatable bonds is 2. The normalized spacial score (nSPS) is 13.1. The molecule has 2 heteroatoms. The lowest BCUT2D eigenvalue weighted by molar-refractivity contribution is 0.670. The summed E-state index contributed by atoms with van der Waals surface area (Å²) in [6.07, 6.45) is 4.58. The highest BCUT2D eigenvalue weighted by Gasteiger charge is 2.18. The van der Waals surface area contributed by atoms with Gasteiger partial charge in [-0.25, -0.2) is 0 Å². The first-order valence-electron chi connectivity index (χ1n) is 8.44. The van der Waals surface area contributed by atoms with Gasteiger partial charge in [0.1, 0.15) is 0 Å². The Morgan fingerprint density at radius 1 is 0.833 bits per heavy atom. The van der Waals surface area contributed by atoms with Crippen molar-refractivity contribution < 1.29 is 0 Å². The zero-order valence-electron chi connectivity index (χ0n) is 13.5. The Balaban J connectivity index is 1.89. The monoisotopic (exact) mass is 310 g/mol. The molecule has 0 N–H and O–H groups in total. The Hall–Kier alpha value is -2.92. The van der Waals surface area contributed by atoms with Crippen LogP contribution in [0.3, 0.4) is 0 Å². The zero-order valence-corrected chi connectivity index (χ0v) is 13.5. The number of fused-ring (bicyclic) bond motifs is 1. The van der Waals surface area contributed by atoms with Gasteiger partial charge in [0.05, 0.1) is 17.3 Å². The molecule has 1 heterocycles. The van der Waals surface area contributed by atoms with E-state index < -0.39 is 0 Å². The van der Waals surface area contributed by atoms with Gasteiger partial charge in [0.25, 0.3) is 0 Å². The summed E-state index contributed by atoms with van der Waals surface area (Å²) in [5, 5.41) is 9.02. The molecule has 0 bridgehead atoms. The average Bonchev–Trinajstić information content (AvgIpc) is 2.68. The Morgan fingerprint density at radius 2 is 1.58 bits per heavy atom. The number of hydrogen-bond acceptors (Lipinski definition) is 2. The predicted molar refractivity (Wildman–Crippen MR) is 96.5 cm³/mol. The molecule has 0 saturated carbocycles. The molecule has 116 valence electrons. The van der Waals surface area contributed by atoms with Crippen molar-refractivity contribution in [3.05, 3.63) is 77.5 Å². The molecule has 3 aromatic rings. The van der Waals surface area contributed by atoms with Crippen LogP contribution in [0.1, 0.15) is 29.7 Å². The van der Waals surface area contributed by atoms with Gasteiger partial charge in [0.15, 0.2) is 0 Å². The van der Waals surface area contributed by atoms with Crippen LogP contribution in [0.2, 0.25) is 0 Å². The van der Waals surface area contributed by atoms with E-state index in [-0.39, 0.29) is 0 Å². The second kappa shape index (κ2) is 6.29. The molecule has 2 nitrogen and oxygen atoms in total. The molecule has 0 atom stereocenters. The summed E-state index contributed by atoms with van der Waals surface area (Å²) < 4.78 is 0. The number of pyridine rings is 1. The second-order valence-corrected chi connectivity index (χ2v) is 6.24. The van der Waals surface area contributed by atoms with Crippen LogP contribution in [0, 0.1) is 11.3 Å². The molecule has 1 aliphatic rings. The van der Waals surface area contributed by atoms with Gasteiger partial charge in [-0.3, -0.25) is 4.98 Å². The summed E-state index contributed by atoms with van der Waals surface area (Å²) in [6.45, 7) is 0. The molecule has 4 rings (SSSR count). The second-order valence-electron chi connectivity index (χ2n) is 6.24. The standard InChI is InChI=1S/C22H18N2/c23-15-16-10-12-17(13-11-16)20-14-22(18-6-2-1-3-7-18)24-21-9-5-4-8-19(20)21/h1-3,6-7,10-14H,4-5,8-9H2. The maximum Gasteiger partial charge on any atom is 0.0991 e. The fourth-order valence-corrected chi connectivity index (χ4v) is 3.44. The molecule has 0 unspecified atom stereocenters. The highest BCUT2D eigenvalue weighted by atomic mass is 14.7. The number of benzene rings is 2. The van der Waals surface area contributed by atoms with E-state index in [1.165, 1.54) is 35.2 Å². The molecular weight excluding hydrogens is 292 g/mol. The first-order valence-corrected chi connectivity index (χ1v) is 8.44. The highest BCUT2D eigenvalue weighted by Crippen LogP contribution is 2.34. The maximum absolute atomic E-state index is 9.02. The lowest BCUT2D eigenvalue weighted by atomic mass is 9.88. The van der Waals surface area contributed by atoms with Crippen molar-refractivity contribution in [2.24, 2.45) is 0 Å². The molecule has 0 saturated heterocycles. The molecular formula is C22H18N2. The van der Waals surface area contributed by atoms with E-state index in [2.05, 4.69) is 48.5 Å². The first-order chi connectivity index (χ1) is 11.8. The number of hydrogen-bond donors (Lipinski definition) is 0. The topological polar surface area (TPSA) is 36.7 Å². The van der Waals surface area contributed by atoms with Crippen molar-refractivity contribution in [2.75, 3.05) is 0 Å². The molecule has 0 fully saturated rings. The average molecular weight is 310 g/mol. The minimum absolute atomic E-state index is 0.699. The number of nitriles is 1. The molecule has 1 aromatic heterocycles. The Morgan fingerprint density at radius 3 is 2.33 bits per heavy atom. The summed E-state index contributed by atoms with van der Waals surface area (Å²) in [5.41, 5.74) is 7.95. The van der Waals surface area contributed by atoms with Gasteiger partial charge in [-0.05, 0) is 60.6 Å². The quantitative estimate of drug-likeness (QED) is 0.655. The van der Waals surface area contributed by atoms with Crippen molar-refractivity contribution >= 4 is 0 Å². The Labute approximate surface area is 142 Å². The fourth-order valence-electron chi connectivity index (χ4n) is 3.44. The van der Waals surface area contributed by atoms with Crippen molar-refractivity contribution in [2.45, 2.75) is 25.7 Å². The minimum Gasteiger partial charge on any atom is -0.253 e. The molecule has 0 spiro atoms. The third-order valence-electron chi connectivity index (χ3n) is 4.69. The fraction of sp³-hybridized carbons (Fsp3) is 0.182. The van der Waals surface area contributed by atoms with Crippen LogP contribution in [0.5, 0.6) is 0 Å². The van der Waals surface area contributed by atoms with Crippen LogP contribution in [0.25, 0.3) is 22.4 Å². The third kappa shape index (κ3) is 2.70. The Kier molecular flexibility index (Phi) is 3.84. The van der Waals surface area contributed by atoms with Gasteiger partial charge >= 0.3 is 0 Å².